The van der Waals surface area contributed by atoms with Gasteiger partial charge in [-0.2, -0.15) is 0 Å². The van der Waals surface area contributed by atoms with Crippen LogP contribution in [-0.4, -0.2) is 117 Å². The zero-order chi connectivity index (χ0) is 24.3. The van der Waals surface area contributed by atoms with Gasteiger partial charge < -0.3 is 29.7 Å². The molecule has 1 aliphatic rings. The smallest absolute Gasteiger partial charge is 0.248 e. The number of morpholine rings is 1. The van der Waals surface area contributed by atoms with E-state index in [9.17, 15) is 14.4 Å². The molecule has 32 heavy (non-hydrogen) atoms. The summed E-state index contributed by atoms with van der Waals surface area (Å²) in [7, 11) is 4.67. The SMILES string of the molecule is CCCC(=O)N(C)[C@H](COCCN1CCOCC1)C(=O)N(C)[C@@H](CC(C)(C)OC)C(N)=O. The number of ether oxygens (including phenoxy) is 3. The number of carbonyl (C=O) groups is 3. The van der Waals surface area contributed by atoms with Crippen LogP contribution in [0.4, 0.5) is 0 Å². The van der Waals surface area contributed by atoms with E-state index in [4.69, 9.17) is 19.9 Å². The van der Waals surface area contributed by atoms with Gasteiger partial charge in [-0.25, -0.2) is 0 Å². The van der Waals surface area contributed by atoms with Gasteiger partial charge in [0.1, 0.15) is 12.1 Å². The fraction of sp³-hybridized carbons (Fsp3) is 0.864. The third-order valence-electron chi connectivity index (χ3n) is 5.92. The highest BCUT2D eigenvalue weighted by atomic mass is 16.5. The van der Waals surface area contributed by atoms with Gasteiger partial charge in [0.2, 0.25) is 17.7 Å². The minimum absolute atomic E-state index is 0.0403. The quantitative estimate of drug-likeness (QED) is 0.367. The number of carbonyl (C=O) groups excluding carboxylic acids is 3. The third kappa shape index (κ3) is 9.01. The summed E-state index contributed by atoms with van der Waals surface area (Å²) in [6.45, 7) is 9.84. The Balaban J connectivity index is 2.88. The lowest BCUT2D eigenvalue weighted by atomic mass is 9.97. The van der Waals surface area contributed by atoms with E-state index in [2.05, 4.69) is 4.90 Å². The zero-order valence-electron chi connectivity index (χ0n) is 20.6. The van der Waals surface area contributed by atoms with E-state index in [1.807, 2.05) is 20.8 Å². The Labute approximate surface area is 192 Å². The first-order valence-electron chi connectivity index (χ1n) is 11.3. The van der Waals surface area contributed by atoms with Gasteiger partial charge in [0.15, 0.2) is 0 Å². The molecule has 1 rings (SSSR count). The van der Waals surface area contributed by atoms with Crippen LogP contribution in [0.2, 0.25) is 0 Å². The fourth-order valence-electron chi connectivity index (χ4n) is 3.49. The molecule has 10 nitrogen and oxygen atoms in total. The van der Waals surface area contributed by atoms with Gasteiger partial charge in [-0.3, -0.25) is 19.3 Å². The van der Waals surface area contributed by atoms with Crippen molar-refractivity contribution in [3.05, 3.63) is 0 Å². The molecule has 0 saturated carbocycles. The highest BCUT2D eigenvalue weighted by Gasteiger charge is 2.37. The van der Waals surface area contributed by atoms with Crippen molar-refractivity contribution in [3.63, 3.8) is 0 Å². The summed E-state index contributed by atoms with van der Waals surface area (Å²) in [5, 5.41) is 0. The molecule has 0 bridgehead atoms. The Bertz CT molecular complexity index is 609. The maximum Gasteiger partial charge on any atom is 0.248 e. The van der Waals surface area contributed by atoms with Crippen molar-refractivity contribution >= 4 is 17.7 Å². The van der Waals surface area contributed by atoms with Crippen molar-refractivity contribution in [3.8, 4) is 0 Å². The molecule has 2 atom stereocenters. The van der Waals surface area contributed by atoms with Crippen LogP contribution in [0.5, 0.6) is 0 Å². The van der Waals surface area contributed by atoms with Gasteiger partial charge in [0, 0.05) is 53.7 Å². The van der Waals surface area contributed by atoms with Gasteiger partial charge in [-0.1, -0.05) is 6.92 Å². The van der Waals surface area contributed by atoms with Gasteiger partial charge >= 0.3 is 0 Å². The minimum atomic E-state index is -0.872. The Morgan fingerprint density at radius 1 is 1.12 bits per heavy atom. The number of primary amides is 1. The van der Waals surface area contributed by atoms with Crippen molar-refractivity contribution in [2.24, 2.45) is 5.73 Å². The summed E-state index contributed by atoms with van der Waals surface area (Å²) in [5.74, 6) is -1.16. The molecule has 3 amide bonds. The van der Waals surface area contributed by atoms with E-state index in [-0.39, 0.29) is 24.8 Å². The minimum Gasteiger partial charge on any atom is -0.379 e. The van der Waals surface area contributed by atoms with Gasteiger partial charge in [0.05, 0.1) is 32.0 Å². The molecule has 0 radical (unpaired) electrons. The molecule has 0 aromatic heterocycles. The summed E-state index contributed by atoms with van der Waals surface area (Å²) < 4.78 is 16.6. The lowest BCUT2D eigenvalue weighted by Crippen LogP contribution is -2.56. The molecule has 1 fully saturated rings. The molecule has 0 unspecified atom stereocenters. The van der Waals surface area contributed by atoms with Crippen molar-refractivity contribution in [2.45, 2.75) is 57.7 Å². The van der Waals surface area contributed by atoms with Crippen molar-refractivity contribution in [1.82, 2.24) is 14.7 Å². The molecule has 0 aromatic carbocycles. The number of amides is 3. The van der Waals surface area contributed by atoms with E-state index in [0.29, 0.717) is 32.7 Å². The maximum atomic E-state index is 13.4. The van der Waals surface area contributed by atoms with E-state index >= 15 is 0 Å². The maximum absolute atomic E-state index is 13.4. The Morgan fingerprint density at radius 2 is 1.75 bits per heavy atom. The van der Waals surface area contributed by atoms with Crippen LogP contribution in [0.1, 0.15) is 40.0 Å². The van der Waals surface area contributed by atoms with Crippen LogP contribution in [0.15, 0.2) is 0 Å². The Morgan fingerprint density at radius 3 is 2.28 bits per heavy atom. The zero-order valence-corrected chi connectivity index (χ0v) is 20.6. The number of nitrogens with two attached hydrogens (primary N) is 1. The molecule has 2 N–H and O–H groups in total. The molecule has 1 aliphatic heterocycles. The molecular formula is C22H42N4O6. The van der Waals surface area contributed by atoms with Crippen LogP contribution in [0, 0.1) is 0 Å². The third-order valence-corrected chi connectivity index (χ3v) is 5.92. The second kappa shape index (κ2) is 13.7. The number of hydrogen-bond donors (Lipinski definition) is 1. The number of methoxy groups -OCH3 is 1. The molecule has 0 aromatic rings. The number of hydrogen-bond acceptors (Lipinski definition) is 7. The topological polar surface area (TPSA) is 115 Å². The van der Waals surface area contributed by atoms with Gasteiger partial charge in [0.25, 0.3) is 0 Å². The first-order valence-corrected chi connectivity index (χ1v) is 11.3. The molecule has 0 spiro atoms. The predicted octanol–water partition coefficient (Wildman–Crippen LogP) is 0.0897. The monoisotopic (exact) mass is 458 g/mol. The molecule has 1 heterocycles. The van der Waals surface area contributed by atoms with Crippen molar-refractivity contribution < 1.29 is 28.6 Å². The van der Waals surface area contributed by atoms with Crippen LogP contribution in [-0.2, 0) is 28.6 Å². The van der Waals surface area contributed by atoms with Gasteiger partial charge in [-0.15, -0.1) is 0 Å². The largest absolute Gasteiger partial charge is 0.379 e. The van der Waals surface area contributed by atoms with E-state index in [0.717, 1.165) is 19.6 Å². The van der Waals surface area contributed by atoms with Crippen molar-refractivity contribution in [1.29, 1.82) is 0 Å². The van der Waals surface area contributed by atoms with E-state index < -0.39 is 23.6 Å². The standard InChI is InChI=1S/C22H42N4O6/c1-7-8-19(27)24(4)18(16-32-14-11-26-9-12-31-13-10-26)21(29)25(5)17(20(23)28)15-22(2,3)30-6/h17-18H,7-16H2,1-6H3,(H2,23,28)/t17-,18+/m0/s1. The molecule has 186 valence electrons. The lowest BCUT2D eigenvalue weighted by molar-refractivity contribution is -0.151. The summed E-state index contributed by atoms with van der Waals surface area (Å²) in [4.78, 5) is 43.0. The van der Waals surface area contributed by atoms with Crippen LogP contribution >= 0.6 is 0 Å². The molecule has 10 heteroatoms. The molecule has 0 aliphatic carbocycles. The summed E-state index contributed by atoms with van der Waals surface area (Å²) in [6, 6.07) is -1.72. The number of likely N-dealkylation sites (N-methyl/N-ethyl adjacent to an activating group) is 2. The second-order valence-electron chi connectivity index (χ2n) is 8.83. The van der Waals surface area contributed by atoms with E-state index in [1.165, 1.54) is 16.8 Å². The highest BCUT2D eigenvalue weighted by molar-refractivity contribution is 5.91. The predicted molar refractivity (Wildman–Crippen MR) is 121 cm³/mol. The number of rotatable bonds is 14. The van der Waals surface area contributed by atoms with Crippen LogP contribution in [0.25, 0.3) is 0 Å². The van der Waals surface area contributed by atoms with E-state index in [1.54, 1.807) is 14.2 Å². The van der Waals surface area contributed by atoms with Crippen LogP contribution < -0.4 is 5.73 Å². The Kier molecular flexibility index (Phi) is 12.1. The Hall–Kier alpha value is -1.75. The molecule has 1 saturated heterocycles. The van der Waals surface area contributed by atoms with Crippen molar-refractivity contribution in [2.75, 3.05) is 67.3 Å². The highest BCUT2D eigenvalue weighted by Crippen LogP contribution is 2.20. The fourth-order valence-corrected chi connectivity index (χ4v) is 3.49. The average Bonchev–Trinajstić information content (AvgIpc) is 2.77. The first-order chi connectivity index (χ1) is 15.0. The average molecular weight is 459 g/mol. The second-order valence-corrected chi connectivity index (χ2v) is 8.83. The first kappa shape index (κ1) is 28.3. The lowest BCUT2D eigenvalue weighted by Gasteiger charge is -2.36. The summed E-state index contributed by atoms with van der Waals surface area (Å²) in [5.41, 5.74) is 4.96. The van der Waals surface area contributed by atoms with Gasteiger partial charge in [-0.05, 0) is 20.3 Å². The normalized spacial score (nSPS) is 16.9. The van der Waals surface area contributed by atoms with Crippen LogP contribution in [0.3, 0.4) is 0 Å². The number of nitrogens with zero attached hydrogens (tertiary/aromatic N) is 3. The summed E-state index contributed by atoms with van der Waals surface area (Å²) >= 11 is 0. The summed E-state index contributed by atoms with van der Waals surface area (Å²) in [6.07, 6.45) is 1.23. The molecular weight excluding hydrogens is 416 g/mol.